The first kappa shape index (κ1) is 15.3. The Morgan fingerprint density at radius 1 is 0.875 bits per heavy atom. The molecule has 2 aromatic carbocycles. The lowest BCUT2D eigenvalue weighted by Gasteiger charge is -2.29. The number of hydrogen-bond donors (Lipinski definition) is 1. The molecule has 0 unspecified atom stereocenters. The van der Waals surface area contributed by atoms with Gasteiger partial charge in [-0.05, 0) is 61.9 Å². The van der Waals surface area contributed by atoms with Gasteiger partial charge in [-0.3, -0.25) is 4.79 Å². The van der Waals surface area contributed by atoms with Crippen LogP contribution in [0.4, 0.5) is 11.4 Å². The number of hydrogen-bond acceptors (Lipinski definition) is 2. The minimum absolute atomic E-state index is 0.124. The van der Waals surface area contributed by atoms with Crippen LogP contribution in [0.2, 0.25) is 0 Å². The highest BCUT2D eigenvalue weighted by molar-refractivity contribution is 6.01. The van der Waals surface area contributed by atoms with E-state index in [1.54, 1.807) is 0 Å². The Balaban J connectivity index is 1.44. The smallest absolute Gasteiger partial charge is 0.235 e. The van der Waals surface area contributed by atoms with Gasteiger partial charge in [-0.15, -0.1) is 0 Å². The molecule has 2 aliphatic rings. The van der Waals surface area contributed by atoms with E-state index in [0.29, 0.717) is 0 Å². The van der Waals surface area contributed by atoms with Crippen LogP contribution in [0.15, 0.2) is 54.6 Å². The Hall–Kier alpha value is -2.29. The zero-order chi connectivity index (χ0) is 16.4. The van der Waals surface area contributed by atoms with E-state index >= 15 is 0 Å². The number of carbonyl (C=O) groups is 1. The van der Waals surface area contributed by atoms with Gasteiger partial charge in [0.1, 0.15) is 0 Å². The lowest BCUT2D eigenvalue weighted by molar-refractivity contribution is -0.118. The number of rotatable bonds is 4. The molecule has 1 heterocycles. The largest absolute Gasteiger partial charge is 0.372 e. The molecule has 124 valence electrons. The molecule has 1 saturated heterocycles. The SMILES string of the molecule is O=C(Nc1ccc(N2CCCCC2)cc1)C1(c2ccccc2)CC1. The standard InChI is InChI=1S/C21H24N2O/c24-20(21(13-14-21)17-7-3-1-4-8-17)22-18-9-11-19(12-10-18)23-15-5-2-6-16-23/h1,3-4,7-12H,2,5-6,13-16H2,(H,22,24). The van der Waals surface area contributed by atoms with E-state index in [1.807, 2.05) is 30.3 Å². The molecule has 2 aromatic rings. The third-order valence-electron chi connectivity index (χ3n) is 5.36. The van der Waals surface area contributed by atoms with Crippen molar-refractivity contribution in [1.29, 1.82) is 0 Å². The van der Waals surface area contributed by atoms with Crippen molar-refractivity contribution in [2.45, 2.75) is 37.5 Å². The van der Waals surface area contributed by atoms with Crippen molar-refractivity contribution in [1.82, 2.24) is 0 Å². The average molecular weight is 320 g/mol. The molecular formula is C21H24N2O. The molecule has 2 fully saturated rings. The Morgan fingerprint density at radius 3 is 2.17 bits per heavy atom. The van der Waals surface area contributed by atoms with Gasteiger partial charge in [-0.2, -0.15) is 0 Å². The first-order valence-electron chi connectivity index (χ1n) is 9.00. The molecule has 0 aromatic heterocycles. The summed E-state index contributed by atoms with van der Waals surface area (Å²) in [5, 5.41) is 3.12. The molecule has 0 radical (unpaired) electrons. The molecule has 3 heteroatoms. The maximum Gasteiger partial charge on any atom is 0.235 e. The molecule has 1 saturated carbocycles. The fraction of sp³-hybridized carbons (Fsp3) is 0.381. The summed E-state index contributed by atoms with van der Waals surface area (Å²) in [5.74, 6) is 0.124. The van der Waals surface area contributed by atoms with Crippen LogP contribution in [0.25, 0.3) is 0 Å². The van der Waals surface area contributed by atoms with Gasteiger partial charge in [0.05, 0.1) is 5.41 Å². The van der Waals surface area contributed by atoms with E-state index in [0.717, 1.165) is 37.2 Å². The summed E-state index contributed by atoms with van der Waals surface area (Å²) in [5.41, 5.74) is 2.97. The minimum atomic E-state index is -0.313. The van der Waals surface area contributed by atoms with Crippen molar-refractivity contribution in [2.75, 3.05) is 23.3 Å². The maximum absolute atomic E-state index is 12.8. The topological polar surface area (TPSA) is 32.3 Å². The van der Waals surface area contributed by atoms with Crippen LogP contribution < -0.4 is 10.2 Å². The van der Waals surface area contributed by atoms with Gasteiger partial charge >= 0.3 is 0 Å². The van der Waals surface area contributed by atoms with Crippen LogP contribution in [0, 0.1) is 0 Å². The summed E-state index contributed by atoms with van der Waals surface area (Å²) in [6.07, 6.45) is 5.77. The molecule has 4 rings (SSSR count). The van der Waals surface area contributed by atoms with Crippen LogP contribution in [0.3, 0.4) is 0 Å². The van der Waals surface area contributed by atoms with Gasteiger partial charge in [0, 0.05) is 24.5 Å². The number of nitrogens with zero attached hydrogens (tertiary/aromatic N) is 1. The lowest BCUT2D eigenvalue weighted by Crippen LogP contribution is -2.29. The summed E-state index contributed by atoms with van der Waals surface area (Å²) in [7, 11) is 0. The maximum atomic E-state index is 12.8. The average Bonchev–Trinajstić information content (AvgIpc) is 3.46. The molecule has 3 nitrogen and oxygen atoms in total. The van der Waals surface area contributed by atoms with Crippen molar-refractivity contribution in [3.8, 4) is 0 Å². The summed E-state index contributed by atoms with van der Waals surface area (Å²) in [4.78, 5) is 15.2. The van der Waals surface area contributed by atoms with Crippen LogP contribution in [0.1, 0.15) is 37.7 Å². The van der Waals surface area contributed by atoms with Crippen molar-refractivity contribution in [3.05, 3.63) is 60.2 Å². The third kappa shape index (κ3) is 2.91. The monoisotopic (exact) mass is 320 g/mol. The summed E-state index contributed by atoms with van der Waals surface area (Å²) in [6.45, 7) is 2.28. The minimum Gasteiger partial charge on any atom is -0.372 e. The number of anilines is 2. The van der Waals surface area contributed by atoms with Crippen molar-refractivity contribution in [3.63, 3.8) is 0 Å². The zero-order valence-electron chi connectivity index (χ0n) is 14.0. The van der Waals surface area contributed by atoms with Gasteiger partial charge in [0.15, 0.2) is 0 Å². The van der Waals surface area contributed by atoms with Crippen molar-refractivity contribution < 1.29 is 4.79 Å². The normalized spacial score (nSPS) is 18.9. The molecule has 0 atom stereocenters. The number of piperidine rings is 1. The molecule has 1 amide bonds. The molecule has 1 aliphatic heterocycles. The second kappa shape index (κ2) is 6.31. The van der Waals surface area contributed by atoms with Gasteiger partial charge in [-0.25, -0.2) is 0 Å². The molecular weight excluding hydrogens is 296 g/mol. The molecule has 0 bridgehead atoms. The van der Waals surface area contributed by atoms with Crippen LogP contribution in [0.5, 0.6) is 0 Å². The summed E-state index contributed by atoms with van der Waals surface area (Å²) in [6, 6.07) is 18.5. The highest BCUT2D eigenvalue weighted by Gasteiger charge is 2.51. The zero-order valence-corrected chi connectivity index (χ0v) is 14.0. The third-order valence-corrected chi connectivity index (χ3v) is 5.36. The first-order valence-corrected chi connectivity index (χ1v) is 9.00. The van der Waals surface area contributed by atoms with Crippen LogP contribution in [-0.4, -0.2) is 19.0 Å². The Labute approximate surface area is 143 Å². The van der Waals surface area contributed by atoms with E-state index in [4.69, 9.17) is 0 Å². The number of amides is 1. The van der Waals surface area contributed by atoms with Gasteiger partial charge in [-0.1, -0.05) is 30.3 Å². The fourth-order valence-electron chi connectivity index (χ4n) is 3.69. The van der Waals surface area contributed by atoms with Crippen LogP contribution in [-0.2, 0) is 10.2 Å². The Bertz CT molecular complexity index is 698. The van der Waals surface area contributed by atoms with Crippen molar-refractivity contribution in [2.24, 2.45) is 0 Å². The molecule has 0 spiro atoms. The number of nitrogens with one attached hydrogen (secondary N) is 1. The predicted octanol–water partition coefficient (Wildman–Crippen LogP) is 4.35. The van der Waals surface area contributed by atoms with Crippen LogP contribution >= 0.6 is 0 Å². The van der Waals surface area contributed by atoms with E-state index in [-0.39, 0.29) is 11.3 Å². The van der Waals surface area contributed by atoms with Gasteiger partial charge in [0.25, 0.3) is 0 Å². The van der Waals surface area contributed by atoms with Gasteiger partial charge in [0.2, 0.25) is 5.91 Å². The molecule has 1 N–H and O–H groups in total. The van der Waals surface area contributed by atoms with Crippen molar-refractivity contribution >= 4 is 17.3 Å². The van der Waals surface area contributed by atoms with E-state index in [9.17, 15) is 4.79 Å². The quantitative estimate of drug-likeness (QED) is 0.908. The summed E-state index contributed by atoms with van der Waals surface area (Å²) >= 11 is 0. The summed E-state index contributed by atoms with van der Waals surface area (Å²) < 4.78 is 0. The second-order valence-corrected chi connectivity index (χ2v) is 7.00. The molecule has 24 heavy (non-hydrogen) atoms. The predicted molar refractivity (Wildman–Crippen MR) is 98.5 cm³/mol. The van der Waals surface area contributed by atoms with Gasteiger partial charge < -0.3 is 10.2 Å². The number of benzene rings is 2. The highest BCUT2D eigenvalue weighted by atomic mass is 16.2. The fourth-order valence-corrected chi connectivity index (χ4v) is 3.69. The number of carbonyl (C=O) groups excluding carboxylic acids is 1. The Kier molecular flexibility index (Phi) is 4.01. The molecule has 1 aliphatic carbocycles. The lowest BCUT2D eigenvalue weighted by atomic mass is 9.95. The van der Waals surface area contributed by atoms with E-state index in [1.165, 1.54) is 24.9 Å². The van der Waals surface area contributed by atoms with E-state index in [2.05, 4.69) is 34.5 Å². The first-order chi connectivity index (χ1) is 11.8. The second-order valence-electron chi connectivity index (χ2n) is 7.00. The highest BCUT2D eigenvalue weighted by Crippen LogP contribution is 2.48. The Morgan fingerprint density at radius 2 is 1.54 bits per heavy atom. The van der Waals surface area contributed by atoms with E-state index < -0.39 is 0 Å².